The molecule has 3 rings (SSSR count). The molecule has 0 radical (unpaired) electrons. The third-order valence-electron chi connectivity index (χ3n) is 4.04. The van der Waals surface area contributed by atoms with Crippen molar-refractivity contribution in [3.8, 4) is 17.8 Å². The fourth-order valence-electron chi connectivity index (χ4n) is 2.59. The number of nitriles is 1. The molecule has 1 aromatic heterocycles. The second-order valence-electron chi connectivity index (χ2n) is 7.65. The topological polar surface area (TPSA) is 84.7 Å². The molecule has 1 aliphatic rings. The molecule has 0 unspecified atom stereocenters. The smallest absolute Gasteiger partial charge is 0.410 e. The van der Waals surface area contributed by atoms with Crippen molar-refractivity contribution < 1.29 is 23.4 Å². The van der Waals surface area contributed by atoms with Gasteiger partial charge in [-0.15, -0.1) is 0 Å². The molecule has 1 amide bonds. The fraction of sp³-hybridized carbons (Fsp3) is 0.381. The first-order chi connectivity index (χ1) is 13.7. The van der Waals surface area contributed by atoms with Crippen LogP contribution in [0.4, 0.5) is 9.18 Å². The van der Waals surface area contributed by atoms with E-state index in [9.17, 15) is 9.18 Å². The fourth-order valence-corrected chi connectivity index (χ4v) is 2.59. The number of rotatable bonds is 5. The molecule has 1 aliphatic heterocycles. The van der Waals surface area contributed by atoms with Crippen LogP contribution in [-0.2, 0) is 11.3 Å². The van der Waals surface area contributed by atoms with Gasteiger partial charge in [0.15, 0.2) is 0 Å². The van der Waals surface area contributed by atoms with E-state index < -0.39 is 11.4 Å². The standard InChI is InChI=1S/C21H22FN3O4/c1-21(2,3)29-20(26)25-11-16(12-25)28-19-6-4-5-18(24-19)27-13-15-8-7-14(10-23)9-17(15)22/h4-9,16H,11-13H2,1-3H3. The van der Waals surface area contributed by atoms with Crippen LogP contribution in [0.5, 0.6) is 11.8 Å². The third-order valence-corrected chi connectivity index (χ3v) is 4.04. The molecule has 0 atom stereocenters. The van der Waals surface area contributed by atoms with Crippen molar-refractivity contribution in [3.63, 3.8) is 0 Å². The van der Waals surface area contributed by atoms with Gasteiger partial charge in [0.05, 0.1) is 24.7 Å². The summed E-state index contributed by atoms with van der Waals surface area (Å²) in [6.45, 7) is 6.26. The molecule has 1 saturated heterocycles. The molecular weight excluding hydrogens is 377 g/mol. The van der Waals surface area contributed by atoms with E-state index in [0.29, 0.717) is 24.5 Å². The Hall–Kier alpha value is -3.34. The molecule has 29 heavy (non-hydrogen) atoms. The van der Waals surface area contributed by atoms with Crippen LogP contribution in [-0.4, -0.2) is 40.8 Å². The first kappa shape index (κ1) is 20.4. The summed E-state index contributed by atoms with van der Waals surface area (Å²) in [5, 5.41) is 8.78. The summed E-state index contributed by atoms with van der Waals surface area (Å²) in [4.78, 5) is 17.8. The van der Waals surface area contributed by atoms with Crippen molar-refractivity contribution in [2.45, 2.75) is 39.1 Å². The maximum Gasteiger partial charge on any atom is 0.410 e. The second-order valence-corrected chi connectivity index (χ2v) is 7.65. The van der Waals surface area contributed by atoms with E-state index in [1.165, 1.54) is 18.2 Å². The number of likely N-dealkylation sites (tertiary alicyclic amines) is 1. The van der Waals surface area contributed by atoms with Crippen molar-refractivity contribution in [1.29, 1.82) is 5.26 Å². The van der Waals surface area contributed by atoms with Crippen LogP contribution >= 0.6 is 0 Å². The zero-order valence-electron chi connectivity index (χ0n) is 16.5. The highest BCUT2D eigenvalue weighted by Gasteiger charge is 2.35. The van der Waals surface area contributed by atoms with Crippen LogP contribution in [0.3, 0.4) is 0 Å². The SMILES string of the molecule is CC(C)(C)OC(=O)N1CC(Oc2cccc(OCc3ccc(C#N)cc3F)n2)C1. The number of nitrogens with zero attached hydrogens (tertiary/aromatic N) is 3. The van der Waals surface area contributed by atoms with Crippen molar-refractivity contribution in [2.75, 3.05) is 13.1 Å². The highest BCUT2D eigenvalue weighted by Crippen LogP contribution is 2.21. The molecule has 7 nitrogen and oxygen atoms in total. The number of aromatic nitrogens is 1. The molecule has 2 heterocycles. The van der Waals surface area contributed by atoms with E-state index >= 15 is 0 Å². The Morgan fingerprint density at radius 2 is 2.00 bits per heavy atom. The number of halogens is 1. The van der Waals surface area contributed by atoms with E-state index in [0.717, 1.165) is 0 Å². The third kappa shape index (κ3) is 5.57. The van der Waals surface area contributed by atoms with Crippen molar-refractivity contribution in [2.24, 2.45) is 0 Å². The number of pyridine rings is 1. The van der Waals surface area contributed by atoms with Gasteiger partial charge in [0, 0.05) is 17.7 Å². The Morgan fingerprint density at radius 3 is 2.66 bits per heavy atom. The van der Waals surface area contributed by atoms with Crippen LogP contribution in [0.15, 0.2) is 36.4 Å². The van der Waals surface area contributed by atoms with Crippen LogP contribution in [0.25, 0.3) is 0 Å². The molecule has 0 N–H and O–H groups in total. The molecular formula is C21H22FN3O4. The lowest BCUT2D eigenvalue weighted by molar-refractivity contribution is -0.0233. The number of hydrogen-bond acceptors (Lipinski definition) is 6. The lowest BCUT2D eigenvalue weighted by atomic mass is 10.1. The van der Waals surface area contributed by atoms with Gasteiger partial charge in [0.2, 0.25) is 11.8 Å². The average molecular weight is 399 g/mol. The monoisotopic (exact) mass is 399 g/mol. The predicted octanol–water partition coefficient (Wildman–Crippen LogP) is 3.67. The Bertz CT molecular complexity index is 930. The maximum atomic E-state index is 13.9. The molecule has 1 fully saturated rings. The van der Waals surface area contributed by atoms with Crippen LogP contribution < -0.4 is 9.47 Å². The van der Waals surface area contributed by atoms with Gasteiger partial charge >= 0.3 is 6.09 Å². The van der Waals surface area contributed by atoms with Crippen molar-refractivity contribution in [3.05, 3.63) is 53.3 Å². The zero-order valence-corrected chi connectivity index (χ0v) is 16.5. The first-order valence-electron chi connectivity index (χ1n) is 9.16. The van der Waals surface area contributed by atoms with Gasteiger partial charge in [0.1, 0.15) is 24.1 Å². The Morgan fingerprint density at radius 1 is 1.28 bits per heavy atom. The first-order valence-corrected chi connectivity index (χ1v) is 9.16. The van der Waals surface area contributed by atoms with Gasteiger partial charge in [-0.1, -0.05) is 12.1 Å². The largest absolute Gasteiger partial charge is 0.473 e. The summed E-state index contributed by atoms with van der Waals surface area (Å²) in [5.74, 6) is 0.138. The van der Waals surface area contributed by atoms with E-state index in [-0.39, 0.29) is 30.2 Å². The normalized spacial score (nSPS) is 14.0. The molecule has 0 bridgehead atoms. The molecule has 152 valence electrons. The molecule has 0 spiro atoms. The zero-order chi connectivity index (χ0) is 21.0. The van der Waals surface area contributed by atoms with Gasteiger partial charge < -0.3 is 19.1 Å². The molecule has 0 saturated carbocycles. The van der Waals surface area contributed by atoms with Gasteiger partial charge in [0.25, 0.3) is 0 Å². The van der Waals surface area contributed by atoms with Gasteiger partial charge in [-0.2, -0.15) is 10.2 Å². The Balaban J connectivity index is 1.51. The van der Waals surface area contributed by atoms with Crippen LogP contribution in [0.1, 0.15) is 31.9 Å². The highest BCUT2D eigenvalue weighted by atomic mass is 19.1. The summed E-state index contributed by atoms with van der Waals surface area (Å²) in [5.41, 5.74) is 0.0369. The van der Waals surface area contributed by atoms with Gasteiger partial charge in [-0.3, -0.25) is 0 Å². The number of carbonyl (C=O) groups is 1. The minimum Gasteiger partial charge on any atom is -0.473 e. The van der Waals surface area contributed by atoms with Crippen LogP contribution in [0.2, 0.25) is 0 Å². The lowest BCUT2D eigenvalue weighted by Gasteiger charge is -2.39. The molecule has 2 aromatic rings. The van der Waals surface area contributed by atoms with Gasteiger partial charge in [-0.05, 0) is 32.9 Å². The number of benzene rings is 1. The number of amides is 1. The van der Waals surface area contributed by atoms with Gasteiger partial charge in [-0.25, -0.2) is 9.18 Å². The average Bonchev–Trinajstić information content (AvgIpc) is 2.62. The minimum atomic E-state index is -0.537. The van der Waals surface area contributed by atoms with E-state index in [2.05, 4.69) is 4.98 Å². The van der Waals surface area contributed by atoms with E-state index in [4.69, 9.17) is 19.5 Å². The van der Waals surface area contributed by atoms with Crippen molar-refractivity contribution >= 4 is 6.09 Å². The van der Waals surface area contributed by atoms with E-state index in [1.807, 2.05) is 26.8 Å². The Labute approximate surface area is 168 Å². The quantitative estimate of drug-likeness (QED) is 0.763. The number of ether oxygens (including phenoxy) is 3. The second kappa shape index (κ2) is 8.35. The molecule has 0 aliphatic carbocycles. The maximum absolute atomic E-state index is 13.9. The van der Waals surface area contributed by atoms with Crippen molar-refractivity contribution in [1.82, 2.24) is 9.88 Å². The number of carbonyl (C=O) groups excluding carboxylic acids is 1. The predicted molar refractivity (Wildman–Crippen MR) is 102 cm³/mol. The lowest BCUT2D eigenvalue weighted by Crippen LogP contribution is -2.57. The number of hydrogen-bond donors (Lipinski definition) is 0. The summed E-state index contributed by atoms with van der Waals surface area (Å²) in [6, 6.07) is 11.1. The highest BCUT2D eigenvalue weighted by molar-refractivity contribution is 5.69. The minimum absolute atomic E-state index is 0.0240. The van der Waals surface area contributed by atoms with Crippen LogP contribution in [0, 0.1) is 17.1 Å². The molecule has 1 aromatic carbocycles. The summed E-state index contributed by atoms with van der Waals surface area (Å²) >= 11 is 0. The summed E-state index contributed by atoms with van der Waals surface area (Å²) in [7, 11) is 0. The summed E-state index contributed by atoms with van der Waals surface area (Å²) < 4.78 is 30.5. The summed E-state index contributed by atoms with van der Waals surface area (Å²) in [6.07, 6.45) is -0.548. The Kier molecular flexibility index (Phi) is 5.87. The van der Waals surface area contributed by atoms with E-state index in [1.54, 1.807) is 23.1 Å². The molecule has 8 heteroatoms.